The number of thiazole rings is 1. The van der Waals surface area contributed by atoms with Gasteiger partial charge in [-0.1, -0.05) is 17.4 Å². The Bertz CT molecular complexity index is 1190. The molecule has 31 heavy (non-hydrogen) atoms. The van der Waals surface area contributed by atoms with Gasteiger partial charge in [0.2, 0.25) is 0 Å². The molecule has 0 unspecified atom stereocenters. The van der Waals surface area contributed by atoms with E-state index >= 15 is 0 Å². The number of nitrogens with zero attached hydrogens (tertiary/aromatic N) is 3. The summed E-state index contributed by atoms with van der Waals surface area (Å²) in [7, 11) is 4.73. The molecule has 4 aromatic rings. The first-order chi connectivity index (χ1) is 15.1. The maximum absolute atomic E-state index is 13.6. The van der Waals surface area contributed by atoms with Gasteiger partial charge in [0, 0.05) is 24.0 Å². The quantitative estimate of drug-likeness (QED) is 0.424. The van der Waals surface area contributed by atoms with Crippen molar-refractivity contribution in [1.82, 2.24) is 9.97 Å². The van der Waals surface area contributed by atoms with E-state index in [4.69, 9.17) is 19.2 Å². The lowest BCUT2D eigenvalue weighted by Gasteiger charge is -2.20. The number of hydrogen-bond acceptors (Lipinski definition) is 7. The minimum atomic E-state index is -0.216. The van der Waals surface area contributed by atoms with E-state index in [1.165, 1.54) is 11.3 Å². The maximum atomic E-state index is 13.6. The van der Waals surface area contributed by atoms with Crippen molar-refractivity contribution in [2.24, 2.45) is 0 Å². The van der Waals surface area contributed by atoms with Crippen LogP contribution >= 0.6 is 11.3 Å². The van der Waals surface area contributed by atoms with Crippen LogP contribution in [0.15, 0.2) is 60.9 Å². The van der Waals surface area contributed by atoms with Crippen molar-refractivity contribution in [3.63, 3.8) is 0 Å². The van der Waals surface area contributed by atoms with E-state index in [1.807, 2.05) is 30.3 Å². The van der Waals surface area contributed by atoms with Crippen LogP contribution in [0, 0.1) is 0 Å². The fraction of sp³-hybridized carbons (Fsp3) is 0.174. The highest BCUT2D eigenvalue weighted by Crippen LogP contribution is 2.34. The van der Waals surface area contributed by atoms with E-state index in [9.17, 15) is 4.79 Å². The van der Waals surface area contributed by atoms with Crippen LogP contribution in [-0.2, 0) is 6.54 Å². The molecule has 0 atom stereocenters. The zero-order valence-corrected chi connectivity index (χ0v) is 18.2. The van der Waals surface area contributed by atoms with Gasteiger partial charge in [-0.15, -0.1) is 0 Å². The van der Waals surface area contributed by atoms with Crippen molar-refractivity contribution in [2.45, 2.75) is 6.54 Å². The molecule has 1 amide bonds. The molecule has 0 N–H and O–H groups in total. The third kappa shape index (κ3) is 4.44. The zero-order chi connectivity index (χ0) is 21.8. The summed E-state index contributed by atoms with van der Waals surface area (Å²) in [6.45, 7) is 0.323. The number of amides is 1. The molecule has 8 heteroatoms. The van der Waals surface area contributed by atoms with Crippen LogP contribution in [0.1, 0.15) is 15.9 Å². The number of carbonyl (C=O) groups is 1. The van der Waals surface area contributed by atoms with E-state index in [0.29, 0.717) is 28.7 Å². The first-order valence-electron chi connectivity index (χ1n) is 9.49. The number of methoxy groups -OCH3 is 3. The Labute approximate surface area is 183 Å². The standard InChI is InChI=1S/C23H21N3O4S/c1-28-17-6-7-20-21(12-17)31-23(25-20)26(14-15-5-4-8-24-13-15)22(27)16-9-18(29-2)11-19(10-16)30-3/h4-13H,14H2,1-3H3. The molecule has 0 spiro atoms. The van der Waals surface area contributed by atoms with E-state index in [0.717, 1.165) is 21.5 Å². The van der Waals surface area contributed by atoms with Crippen molar-refractivity contribution < 1.29 is 19.0 Å². The Kier molecular flexibility index (Phi) is 5.99. The molecule has 158 valence electrons. The van der Waals surface area contributed by atoms with Gasteiger partial charge in [-0.2, -0.15) is 0 Å². The second kappa shape index (κ2) is 9.01. The van der Waals surface area contributed by atoms with Gasteiger partial charge < -0.3 is 14.2 Å². The summed E-state index contributed by atoms with van der Waals surface area (Å²) >= 11 is 1.43. The molecule has 2 aromatic carbocycles. The van der Waals surface area contributed by atoms with Crippen LogP contribution in [0.2, 0.25) is 0 Å². The summed E-state index contributed by atoms with van der Waals surface area (Å²) in [5.41, 5.74) is 2.13. The van der Waals surface area contributed by atoms with E-state index < -0.39 is 0 Å². The first kappa shape index (κ1) is 20.6. The summed E-state index contributed by atoms with van der Waals surface area (Å²) in [4.78, 5) is 24.1. The average molecular weight is 436 g/mol. The third-order valence-corrected chi connectivity index (χ3v) is 5.76. The summed E-state index contributed by atoms with van der Waals surface area (Å²) in [6, 6.07) is 14.5. The second-order valence-electron chi connectivity index (χ2n) is 6.68. The summed E-state index contributed by atoms with van der Waals surface area (Å²) in [5, 5.41) is 0.582. The van der Waals surface area contributed by atoms with Crippen LogP contribution in [0.4, 0.5) is 5.13 Å². The number of ether oxygens (including phenoxy) is 3. The number of hydrogen-bond donors (Lipinski definition) is 0. The number of rotatable bonds is 7. The summed E-state index contributed by atoms with van der Waals surface area (Å²) < 4.78 is 16.9. The highest BCUT2D eigenvalue weighted by atomic mass is 32.1. The van der Waals surface area contributed by atoms with Crippen LogP contribution in [-0.4, -0.2) is 37.2 Å². The fourth-order valence-corrected chi connectivity index (χ4v) is 4.11. The molecule has 2 heterocycles. The molecule has 0 radical (unpaired) electrons. The Morgan fingerprint density at radius 1 is 0.968 bits per heavy atom. The Hall–Kier alpha value is -3.65. The predicted molar refractivity (Wildman–Crippen MR) is 120 cm³/mol. The van der Waals surface area contributed by atoms with Crippen molar-refractivity contribution in [3.05, 3.63) is 72.1 Å². The van der Waals surface area contributed by atoms with Crippen LogP contribution < -0.4 is 19.1 Å². The summed E-state index contributed by atoms with van der Waals surface area (Å²) in [6.07, 6.45) is 3.44. The molecule has 7 nitrogen and oxygen atoms in total. The molecule has 2 aromatic heterocycles. The van der Waals surface area contributed by atoms with Crippen LogP contribution in [0.3, 0.4) is 0 Å². The predicted octanol–water partition coefficient (Wildman–Crippen LogP) is 4.56. The normalized spacial score (nSPS) is 10.7. The van der Waals surface area contributed by atoms with Gasteiger partial charge in [0.15, 0.2) is 5.13 Å². The van der Waals surface area contributed by atoms with Crippen LogP contribution in [0.25, 0.3) is 10.2 Å². The maximum Gasteiger partial charge on any atom is 0.260 e. The van der Waals surface area contributed by atoms with Crippen LogP contribution in [0.5, 0.6) is 17.2 Å². The monoisotopic (exact) mass is 435 g/mol. The van der Waals surface area contributed by atoms with Gasteiger partial charge in [0.25, 0.3) is 5.91 Å². The average Bonchev–Trinajstić information content (AvgIpc) is 3.25. The number of fused-ring (bicyclic) bond motifs is 1. The van der Waals surface area contributed by atoms with Gasteiger partial charge in [-0.05, 0) is 42.0 Å². The highest BCUT2D eigenvalue weighted by Gasteiger charge is 2.23. The number of aromatic nitrogens is 2. The van der Waals surface area contributed by atoms with Gasteiger partial charge in [-0.25, -0.2) is 4.98 Å². The number of anilines is 1. The number of benzene rings is 2. The first-order valence-corrected chi connectivity index (χ1v) is 10.3. The van der Waals surface area contributed by atoms with E-state index in [2.05, 4.69) is 4.98 Å². The van der Waals surface area contributed by atoms with Crippen molar-refractivity contribution in [1.29, 1.82) is 0 Å². The molecule has 0 saturated heterocycles. The lowest BCUT2D eigenvalue weighted by Crippen LogP contribution is -2.30. The Morgan fingerprint density at radius 3 is 2.35 bits per heavy atom. The summed E-state index contributed by atoms with van der Waals surface area (Å²) in [5.74, 6) is 1.61. The van der Waals surface area contributed by atoms with E-state index in [-0.39, 0.29) is 5.91 Å². The minimum absolute atomic E-state index is 0.216. The van der Waals surface area contributed by atoms with Gasteiger partial charge in [0.1, 0.15) is 17.2 Å². The Morgan fingerprint density at radius 2 is 1.71 bits per heavy atom. The second-order valence-corrected chi connectivity index (χ2v) is 7.69. The van der Waals surface area contributed by atoms with Gasteiger partial charge in [-0.3, -0.25) is 14.7 Å². The fourth-order valence-electron chi connectivity index (χ4n) is 3.12. The molecule has 0 fully saturated rings. The minimum Gasteiger partial charge on any atom is -0.497 e. The molecule has 4 rings (SSSR count). The molecule has 0 aliphatic carbocycles. The van der Waals surface area contributed by atoms with Crippen molar-refractivity contribution in [2.75, 3.05) is 26.2 Å². The molecule has 0 bridgehead atoms. The van der Waals surface area contributed by atoms with Gasteiger partial charge >= 0.3 is 0 Å². The topological polar surface area (TPSA) is 73.8 Å². The van der Waals surface area contributed by atoms with Crippen molar-refractivity contribution in [3.8, 4) is 17.2 Å². The highest BCUT2D eigenvalue weighted by molar-refractivity contribution is 7.22. The molecule has 0 aliphatic heterocycles. The molecular weight excluding hydrogens is 414 g/mol. The SMILES string of the molecule is COc1cc(OC)cc(C(=O)N(Cc2cccnc2)c2nc3ccc(OC)cc3s2)c1. The smallest absolute Gasteiger partial charge is 0.260 e. The van der Waals surface area contributed by atoms with Crippen molar-refractivity contribution >= 4 is 32.6 Å². The molecular formula is C23H21N3O4S. The third-order valence-electron chi connectivity index (χ3n) is 4.72. The van der Waals surface area contributed by atoms with E-state index in [1.54, 1.807) is 56.8 Å². The molecule has 0 saturated carbocycles. The largest absolute Gasteiger partial charge is 0.497 e. The molecule has 0 aliphatic rings. The number of pyridine rings is 1. The lowest BCUT2D eigenvalue weighted by molar-refractivity contribution is 0.0984. The Balaban J connectivity index is 1.78. The zero-order valence-electron chi connectivity index (χ0n) is 17.4. The van der Waals surface area contributed by atoms with Gasteiger partial charge in [0.05, 0.1) is 38.1 Å². The number of carbonyl (C=O) groups excluding carboxylic acids is 1. The lowest BCUT2D eigenvalue weighted by atomic mass is 10.1.